The lowest BCUT2D eigenvalue weighted by atomic mass is 10.2. The molecule has 1 saturated heterocycles. The standard InChI is InChI=1S/C18H29N5O4/c1-4-22(8-7-21(2)3)16(24)13-19-12-15-11-14(5-6-20-15)17(25)23-9-10-27-18(23)26/h5-6,11,17,19,25H,4,7-10,12-13H2,1-3H3. The minimum absolute atomic E-state index is 0.0374. The fraction of sp³-hybridized carbons (Fsp3) is 0.611. The quantitative estimate of drug-likeness (QED) is 0.592. The van der Waals surface area contributed by atoms with E-state index in [9.17, 15) is 14.7 Å². The summed E-state index contributed by atoms with van der Waals surface area (Å²) in [4.78, 5) is 33.2. The highest BCUT2D eigenvalue weighted by molar-refractivity contribution is 5.78. The summed E-state index contributed by atoms with van der Waals surface area (Å²) in [6, 6.07) is 3.38. The Kier molecular flexibility index (Phi) is 7.96. The molecule has 1 unspecified atom stereocenters. The molecule has 0 spiro atoms. The van der Waals surface area contributed by atoms with Gasteiger partial charge in [-0.05, 0) is 33.2 Å². The van der Waals surface area contributed by atoms with E-state index in [0.29, 0.717) is 37.4 Å². The van der Waals surface area contributed by atoms with Crippen LogP contribution in [-0.2, 0) is 16.1 Å². The van der Waals surface area contributed by atoms with Gasteiger partial charge in [0.05, 0.1) is 18.8 Å². The van der Waals surface area contributed by atoms with Crippen LogP contribution in [0.1, 0.15) is 24.4 Å². The Labute approximate surface area is 159 Å². The van der Waals surface area contributed by atoms with Crippen molar-refractivity contribution in [2.75, 3.05) is 53.4 Å². The van der Waals surface area contributed by atoms with E-state index < -0.39 is 12.3 Å². The second kappa shape index (κ2) is 10.2. The van der Waals surface area contributed by atoms with Gasteiger partial charge in [-0.1, -0.05) is 0 Å². The molecule has 1 fully saturated rings. The van der Waals surface area contributed by atoms with E-state index >= 15 is 0 Å². The van der Waals surface area contributed by atoms with Crippen LogP contribution in [0.3, 0.4) is 0 Å². The van der Waals surface area contributed by atoms with Crippen molar-refractivity contribution >= 4 is 12.0 Å². The lowest BCUT2D eigenvalue weighted by molar-refractivity contribution is -0.130. The number of likely N-dealkylation sites (N-methyl/N-ethyl adjacent to an activating group) is 2. The fourth-order valence-corrected chi connectivity index (χ4v) is 2.75. The average molecular weight is 379 g/mol. The third-order valence-corrected chi connectivity index (χ3v) is 4.36. The minimum atomic E-state index is -1.06. The zero-order chi connectivity index (χ0) is 19.8. The number of hydrogen-bond donors (Lipinski definition) is 2. The minimum Gasteiger partial charge on any atom is -0.447 e. The Morgan fingerprint density at radius 2 is 2.22 bits per heavy atom. The second-order valence-corrected chi connectivity index (χ2v) is 6.64. The number of amides is 2. The van der Waals surface area contributed by atoms with E-state index in [2.05, 4.69) is 10.3 Å². The molecule has 1 aliphatic heterocycles. The number of nitrogens with one attached hydrogen (secondary N) is 1. The number of aromatic nitrogens is 1. The molecule has 0 radical (unpaired) electrons. The normalized spacial score (nSPS) is 15.1. The number of ether oxygens (including phenoxy) is 1. The van der Waals surface area contributed by atoms with Gasteiger partial charge in [-0.3, -0.25) is 14.7 Å². The summed E-state index contributed by atoms with van der Waals surface area (Å²) in [5.41, 5.74) is 1.25. The molecule has 2 N–H and O–H groups in total. The number of aliphatic hydroxyl groups excluding tert-OH is 1. The maximum absolute atomic E-state index is 12.3. The molecule has 27 heavy (non-hydrogen) atoms. The van der Waals surface area contributed by atoms with Gasteiger partial charge in [0, 0.05) is 37.9 Å². The Bertz CT molecular complexity index is 640. The molecular formula is C18H29N5O4. The molecule has 2 amide bonds. The Morgan fingerprint density at radius 3 is 2.85 bits per heavy atom. The van der Waals surface area contributed by atoms with Gasteiger partial charge in [0.15, 0.2) is 6.23 Å². The molecule has 1 aliphatic rings. The summed E-state index contributed by atoms with van der Waals surface area (Å²) < 4.78 is 4.85. The van der Waals surface area contributed by atoms with Gasteiger partial charge in [0.2, 0.25) is 5.91 Å². The molecule has 1 aromatic rings. The topological polar surface area (TPSA) is 98.2 Å². The summed E-state index contributed by atoms with van der Waals surface area (Å²) in [6.45, 7) is 5.37. The maximum Gasteiger partial charge on any atom is 0.412 e. The van der Waals surface area contributed by atoms with Crippen molar-refractivity contribution in [3.8, 4) is 0 Å². The third kappa shape index (κ3) is 6.16. The molecule has 0 aliphatic carbocycles. The van der Waals surface area contributed by atoms with Gasteiger partial charge < -0.3 is 25.0 Å². The number of rotatable bonds is 10. The lowest BCUT2D eigenvalue weighted by Crippen LogP contribution is -2.41. The highest BCUT2D eigenvalue weighted by atomic mass is 16.6. The highest BCUT2D eigenvalue weighted by Gasteiger charge is 2.29. The molecule has 0 aromatic carbocycles. The van der Waals surface area contributed by atoms with Crippen molar-refractivity contribution in [1.82, 2.24) is 25.0 Å². The first-order valence-electron chi connectivity index (χ1n) is 9.12. The van der Waals surface area contributed by atoms with Crippen LogP contribution in [0.25, 0.3) is 0 Å². The summed E-state index contributed by atoms with van der Waals surface area (Å²) in [5, 5.41) is 13.4. The predicted octanol–water partition coefficient (Wildman–Crippen LogP) is 0.0244. The number of hydrogen-bond acceptors (Lipinski definition) is 7. The molecule has 9 nitrogen and oxygen atoms in total. The first-order valence-corrected chi connectivity index (χ1v) is 9.12. The van der Waals surface area contributed by atoms with Gasteiger partial charge in [0.25, 0.3) is 0 Å². The molecule has 0 saturated carbocycles. The van der Waals surface area contributed by atoms with Gasteiger partial charge in [-0.2, -0.15) is 0 Å². The lowest BCUT2D eigenvalue weighted by Gasteiger charge is -2.23. The molecule has 1 atom stereocenters. The molecular weight excluding hydrogens is 350 g/mol. The Morgan fingerprint density at radius 1 is 1.44 bits per heavy atom. The van der Waals surface area contributed by atoms with Gasteiger partial charge in [0.1, 0.15) is 6.61 Å². The third-order valence-electron chi connectivity index (χ3n) is 4.36. The van der Waals surface area contributed by atoms with E-state index in [0.717, 1.165) is 6.54 Å². The van der Waals surface area contributed by atoms with Crippen LogP contribution in [0.4, 0.5) is 4.79 Å². The monoisotopic (exact) mass is 379 g/mol. The molecule has 2 heterocycles. The van der Waals surface area contributed by atoms with Crippen molar-refractivity contribution in [3.63, 3.8) is 0 Å². The second-order valence-electron chi connectivity index (χ2n) is 6.64. The van der Waals surface area contributed by atoms with Crippen LogP contribution in [0, 0.1) is 0 Å². The fourth-order valence-electron chi connectivity index (χ4n) is 2.75. The number of aliphatic hydroxyl groups is 1. The maximum atomic E-state index is 12.3. The van der Waals surface area contributed by atoms with Crippen LogP contribution in [-0.4, -0.2) is 90.2 Å². The summed E-state index contributed by atoms with van der Waals surface area (Å²) in [5.74, 6) is 0.0374. The molecule has 9 heteroatoms. The van der Waals surface area contributed by atoms with E-state index in [-0.39, 0.29) is 19.1 Å². The zero-order valence-corrected chi connectivity index (χ0v) is 16.2. The van der Waals surface area contributed by atoms with Crippen LogP contribution in [0.5, 0.6) is 0 Å². The summed E-state index contributed by atoms with van der Waals surface area (Å²) in [7, 11) is 3.96. The molecule has 0 bridgehead atoms. The SMILES string of the molecule is CCN(CCN(C)C)C(=O)CNCc1cc(C(O)N2CCOC2=O)ccn1. The summed E-state index contributed by atoms with van der Waals surface area (Å²) >= 11 is 0. The number of nitrogens with zero attached hydrogens (tertiary/aromatic N) is 4. The molecule has 1 aromatic heterocycles. The van der Waals surface area contributed by atoms with E-state index in [4.69, 9.17) is 4.74 Å². The van der Waals surface area contributed by atoms with Crippen molar-refractivity contribution in [1.29, 1.82) is 0 Å². The van der Waals surface area contributed by atoms with Crippen molar-refractivity contribution < 1.29 is 19.4 Å². The number of carbonyl (C=O) groups excluding carboxylic acids is 2. The summed E-state index contributed by atoms with van der Waals surface area (Å²) in [6.07, 6.45) is -0.0132. The first kappa shape index (κ1) is 21.1. The van der Waals surface area contributed by atoms with Crippen molar-refractivity contribution in [2.45, 2.75) is 19.7 Å². The van der Waals surface area contributed by atoms with Crippen LogP contribution < -0.4 is 5.32 Å². The van der Waals surface area contributed by atoms with Crippen LogP contribution in [0.2, 0.25) is 0 Å². The van der Waals surface area contributed by atoms with Gasteiger partial charge >= 0.3 is 6.09 Å². The number of cyclic esters (lactones) is 1. The Balaban J connectivity index is 1.85. The highest BCUT2D eigenvalue weighted by Crippen LogP contribution is 2.21. The van der Waals surface area contributed by atoms with Gasteiger partial charge in [-0.25, -0.2) is 4.79 Å². The first-order chi connectivity index (χ1) is 12.9. The largest absolute Gasteiger partial charge is 0.447 e. The zero-order valence-electron chi connectivity index (χ0n) is 16.2. The predicted molar refractivity (Wildman–Crippen MR) is 99.8 cm³/mol. The van der Waals surface area contributed by atoms with Gasteiger partial charge in [-0.15, -0.1) is 0 Å². The average Bonchev–Trinajstić information content (AvgIpc) is 3.07. The molecule has 2 rings (SSSR count). The number of pyridine rings is 1. The van der Waals surface area contributed by atoms with E-state index in [1.807, 2.05) is 25.9 Å². The Hall–Kier alpha value is -2.23. The van der Waals surface area contributed by atoms with Crippen LogP contribution in [0.15, 0.2) is 18.3 Å². The van der Waals surface area contributed by atoms with Crippen molar-refractivity contribution in [2.24, 2.45) is 0 Å². The van der Waals surface area contributed by atoms with Crippen LogP contribution >= 0.6 is 0 Å². The molecule has 150 valence electrons. The van der Waals surface area contributed by atoms with E-state index in [1.165, 1.54) is 4.90 Å². The van der Waals surface area contributed by atoms with Crippen molar-refractivity contribution in [3.05, 3.63) is 29.6 Å². The number of carbonyl (C=O) groups is 2. The smallest absolute Gasteiger partial charge is 0.412 e. The van der Waals surface area contributed by atoms with E-state index in [1.54, 1.807) is 23.2 Å².